The molecule has 130 valence electrons. The monoisotopic (exact) mass is 372 g/mol. The van der Waals surface area contributed by atoms with Crippen LogP contribution in [0.25, 0.3) is 0 Å². The number of benzene rings is 2. The second kappa shape index (κ2) is 8.87. The van der Waals surface area contributed by atoms with Crippen molar-refractivity contribution in [3.8, 4) is 0 Å². The van der Waals surface area contributed by atoms with Crippen LogP contribution in [-0.4, -0.2) is 18.2 Å². The van der Waals surface area contributed by atoms with Gasteiger partial charge in [-0.2, -0.15) is 18.6 Å². The van der Waals surface area contributed by atoms with Crippen LogP contribution in [0.4, 0.5) is 11.4 Å². The van der Waals surface area contributed by atoms with Gasteiger partial charge < -0.3 is 0 Å². The summed E-state index contributed by atoms with van der Waals surface area (Å²) in [5.74, 6) is 0. The molecular weight excluding hydrogens is 356 g/mol. The molecule has 0 saturated heterocycles. The van der Waals surface area contributed by atoms with E-state index in [1.165, 1.54) is 24.3 Å². The second-order valence-electron chi connectivity index (χ2n) is 4.34. The standard InChI is InChI=1S/C13H12N2O6S2.CH4/c1-9-2-3-11(8-13(9)22-21-20-16)15-14-10-4-6-12(7-5-10)23(17,18)19;/h2-8,16H,1H3,(H,17,18,19);1H4. The lowest BCUT2D eigenvalue weighted by Gasteiger charge is -2.03. The Hall–Kier alpha value is -1.82. The molecule has 2 rings (SSSR count). The van der Waals surface area contributed by atoms with Crippen LogP contribution >= 0.6 is 12.0 Å². The van der Waals surface area contributed by atoms with Gasteiger partial charge in [-0.3, -0.25) is 4.55 Å². The molecule has 0 heterocycles. The molecule has 0 spiro atoms. The van der Waals surface area contributed by atoms with Gasteiger partial charge in [0.05, 0.1) is 28.3 Å². The third-order valence-corrected chi connectivity index (χ3v) is 4.36. The summed E-state index contributed by atoms with van der Waals surface area (Å²) < 4.78 is 35.2. The smallest absolute Gasteiger partial charge is 0.282 e. The molecule has 0 aliphatic heterocycles. The number of hydrogen-bond acceptors (Lipinski definition) is 8. The van der Waals surface area contributed by atoms with E-state index in [4.69, 9.17) is 9.81 Å². The van der Waals surface area contributed by atoms with Gasteiger partial charge in [-0.05, 0) is 48.9 Å². The molecule has 2 N–H and O–H groups in total. The molecule has 0 aliphatic rings. The van der Waals surface area contributed by atoms with Gasteiger partial charge in [0.15, 0.2) is 0 Å². The van der Waals surface area contributed by atoms with Gasteiger partial charge in [-0.15, -0.1) is 4.33 Å². The van der Waals surface area contributed by atoms with Crippen LogP contribution in [0.5, 0.6) is 0 Å². The highest BCUT2D eigenvalue weighted by molar-refractivity contribution is 7.94. The normalized spacial score (nSPS) is 11.5. The molecular formula is C14H16N2O6S2. The maximum Gasteiger partial charge on any atom is 0.294 e. The largest absolute Gasteiger partial charge is 0.294 e. The van der Waals surface area contributed by atoms with Gasteiger partial charge in [0.1, 0.15) is 0 Å². The van der Waals surface area contributed by atoms with E-state index < -0.39 is 10.1 Å². The summed E-state index contributed by atoms with van der Waals surface area (Å²) >= 11 is 0.819. The Morgan fingerprint density at radius 2 is 1.62 bits per heavy atom. The molecule has 2 aromatic carbocycles. The average Bonchev–Trinajstić information content (AvgIpc) is 2.52. The first-order valence-electron chi connectivity index (χ1n) is 6.15. The fourth-order valence-corrected chi connectivity index (χ4v) is 2.54. The summed E-state index contributed by atoms with van der Waals surface area (Å²) in [7, 11) is -4.23. The number of nitrogens with zero attached hydrogens (tertiary/aromatic N) is 2. The van der Waals surface area contributed by atoms with Crippen LogP contribution in [-0.2, 0) is 19.5 Å². The Labute approximate surface area is 144 Å². The highest BCUT2D eigenvalue weighted by Crippen LogP contribution is 2.29. The Morgan fingerprint density at radius 3 is 2.21 bits per heavy atom. The van der Waals surface area contributed by atoms with Gasteiger partial charge in [-0.25, -0.2) is 5.26 Å². The van der Waals surface area contributed by atoms with Crippen LogP contribution in [0.2, 0.25) is 0 Å². The van der Waals surface area contributed by atoms with Crippen molar-refractivity contribution in [3.63, 3.8) is 0 Å². The molecule has 10 heteroatoms. The number of rotatable bonds is 6. The predicted octanol–water partition coefficient (Wildman–Crippen LogP) is 4.72. The maximum atomic E-state index is 10.9. The van der Waals surface area contributed by atoms with E-state index in [2.05, 4.69) is 19.6 Å². The molecule has 8 nitrogen and oxygen atoms in total. The van der Waals surface area contributed by atoms with Crippen molar-refractivity contribution in [1.82, 2.24) is 0 Å². The third-order valence-electron chi connectivity index (χ3n) is 2.74. The Kier molecular flexibility index (Phi) is 7.48. The van der Waals surface area contributed by atoms with Crippen LogP contribution in [0, 0.1) is 6.92 Å². The summed E-state index contributed by atoms with van der Waals surface area (Å²) in [5.41, 5.74) is 1.84. The molecule has 0 aliphatic carbocycles. The van der Waals surface area contributed by atoms with E-state index in [0.717, 1.165) is 17.6 Å². The van der Waals surface area contributed by atoms with Gasteiger partial charge in [0.25, 0.3) is 10.1 Å². The third kappa shape index (κ3) is 5.67. The van der Waals surface area contributed by atoms with E-state index in [9.17, 15) is 8.42 Å². The molecule has 0 saturated carbocycles. The van der Waals surface area contributed by atoms with Crippen LogP contribution in [0.15, 0.2) is 62.5 Å². The summed E-state index contributed by atoms with van der Waals surface area (Å²) in [6.45, 7) is 1.85. The first-order chi connectivity index (χ1) is 10.9. The average molecular weight is 372 g/mol. The van der Waals surface area contributed by atoms with Gasteiger partial charge in [0, 0.05) is 4.90 Å². The van der Waals surface area contributed by atoms with Crippen molar-refractivity contribution in [2.45, 2.75) is 24.1 Å². The molecule has 0 fully saturated rings. The lowest BCUT2D eigenvalue weighted by molar-refractivity contribution is -0.432. The van der Waals surface area contributed by atoms with Gasteiger partial charge in [-0.1, -0.05) is 18.5 Å². The van der Waals surface area contributed by atoms with E-state index in [1.807, 2.05) is 6.92 Å². The second-order valence-corrected chi connectivity index (χ2v) is 6.51. The number of hydrogen-bond donors (Lipinski definition) is 2. The number of aryl methyl sites for hydroxylation is 1. The van der Waals surface area contributed by atoms with Gasteiger partial charge >= 0.3 is 0 Å². The summed E-state index contributed by atoms with van der Waals surface area (Å²) in [5, 5.41) is 19.7. The highest BCUT2D eigenvalue weighted by Gasteiger charge is 2.08. The summed E-state index contributed by atoms with van der Waals surface area (Å²) in [6, 6.07) is 10.5. The quantitative estimate of drug-likeness (QED) is 0.247. The fourth-order valence-electron chi connectivity index (χ4n) is 1.59. The Bertz CT molecular complexity index is 807. The molecule has 0 unspecified atom stereocenters. The highest BCUT2D eigenvalue weighted by atomic mass is 32.2. The first-order valence-corrected chi connectivity index (χ1v) is 8.33. The van der Waals surface area contributed by atoms with Crippen molar-refractivity contribution in [1.29, 1.82) is 0 Å². The Morgan fingerprint density at radius 1 is 1.04 bits per heavy atom. The fraction of sp³-hybridized carbons (Fsp3) is 0.143. The molecule has 0 bridgehead atoms. The van der Waals surface area contributed by atoms with Crippen molar-refractivity contribution < 1.29 is 27.6 Å². The molecule has 0 radical (unpaired) electrons. The van der Waals surface area contributed by atoms with Crippen molar-refractivity contribution in [2.24, 2.45) is 10.2 Å². The topological polar surface area (TPSA) is 118 Å². The first kappa shape index (κ1) is 20.2. The van der Waals surface area contributed by atoms with Crippen molar-refractivity contribution in [3.05, 3.63) is 48.0 Å². The zero-order valence-electron chi connectivity index (χ0n) is 11.8. The van der Waals surface area contributed by atoms with E-state index in [-0.39, 0.29) is 12.3 Å². The van der Waals surface area contributed by atoms with Crippen molar-refractivity contribution >= 4 is 33.5 Å². The maximum absolute atomic E-state index is 10.9. The van der Waals surface area contributed by atoms with Crippen LogP contribution < -0.4 is 0 Å². The summed E-state index contributed by atoms with van der Waals surface area (Å²) in [4.78, 5) is 0.462. The van der Waals surface area contributed by atoms with E-state index >= 15 is 0 Å². The lowest BCUT2D eigenvalue weighted by Crippen LogP contribution is -1.96. The summed E-state index contributed by atoms with van der Waals surface area (Å²) in [6.07, 6.45) is 0. The van der Waals surface area contributed by atoms with Gasteiger partial charge in [0.2, 0.25) is 0 Å². The predicted molar refractivity (Wildman–Crippen MR) is 89.0 cm³/mol. The number of azo groups is 1. The minimum absolute atomic E-state index is 0. The molecule has 0 atom stereocenters. The van der Waals surface area contributed by atoms with Crippen molar-refractivity contribution in [2.75, 3.05) is 0 Å². The zero-order chi connectivity index (χ0) is 16.9. The molecule has 24 heavy (non-hydrogen) atoms. The molecule has 2 aromatic rings. The van der Waals surface area contributed by atoms with Crippen LogP contribution in [0.3, 0.4) is 0 Å². The lowest BCUT2D eigenvalue weighted by atomic mass is 10.2. The molecule has 0 amide bonds. The van der Waals surface area contributed by atoms with E-state index in [1.54, 1.807) is 18.2 Å². The minimum Gasteiger partial charge on any atom is -0.282 e. The SMILES string of the molecule is C.Cc1ccc(N=Nc2ccc(S(=O)(=O)O)cc2)cc1SOOO. The zero-order valence-corrected chi connectivity index (χ0v) is 13.4. The van der Waals surface area contributed by atoms with E-state index in [0.29, 0.717) is 16.3 Å². The minimum atomic E-state index is -4.23. The Balaban J connectivity index is 0.00000288. The van der Waals surface area contributed by atoms with Crippen LogP contribution in [0.1, 0.15) is 13.0 Å². The molecule has 0 aromatic heterocycles.